The Morgan fingerprint density at radius 3 is 2.33 bits per heavy atom. The van der Waals surface area contributed by atoms with E-state index < -0.39 is 0 Å². The summed E-state index contributed by atoms with van der Waals surface area (Å²) in [7, 11) is 0. The van der Waals surface area contributed by atoms with Crippen molar-refractivity contribution in [1.82, 2.24) is 5.16 Å². The average Bonchev–Trinajstić information content (AvgIpc) is 3.40. The van der Waals surface area contributed by atoms with Crippen LogP contribution >= 0.6 is 0 Å². The smallest absolute Gasteiger partial charge is 0.229 e. The Balaban J connectivity index is 1.28. The topological polar surface area (TPSA) is 87.5 Å². The van der Waals surface area contributed by atoms with Crippen LogP contribution in [-0.4, -0.2) is 30.1 Å². The zero-order chi connectivity index (χ0) is 18.8. The molecule has 2 N–H and O–H groups in total. The number of carbonyl (C=O) groups excluding carboxylic acids is 2. The molecule has 2 fully saturated rings. The van der Waals surface area contributed by atoms with Gasteiger partial charge in [0, 0.05) is 30.5 Å². The van der Waals surface area contributed by atoms with Crippen molar-refractivity contribution >= 4 is 29.0 Å². The highest BCUT2D eigenvalue weighted by Crippen LogP contribution is 2.40. The monoisotopic (exact) mass is 368 g/mol. The minimum Gasteiger partial charge on any atom is -0.372 e. The van der Waals surface area contributed by atoms with Crippen LogP contribution in [-0.2, 0) is 9.59 Å². The predicted molar refractivity (Wildman–Crippen MR) is 103 cm³/mol. The fraction of sp³-hybridized carbons (Fsp3) is 0.450. The van der Waals surface area contributed by atoms with E-state index in [0.29, 0.717) is 18.0 Å². The van der Waals surface area contributed by atoms with Crippen LogP contribution in [0.1, 0.15) is 31.4 Å². The minimum atomic E-state index is -0.311. The fourth-order valence-electron chi connectivity index (χ4n) is 3.56. The van der Waals surface area contributed by atoms with Crippen LogP contribution in [0.5, 0.6) is 0 Å². The van der Waals surface area contributed by atoms with Gasteiger partial charge in [0.15, 0.2) is 5.82 Å². The van der Waals surface area contributed by atoms with Crippen molar-refractivity contribution in [3.05, 3.63) is 36.1 Å². The molecule has 1 saturated carbocycles. The highest BCUT2D eigenvalue weighted by atomic mass is 16.5. The van der Waals surface area contributed by atoms with Crippen molar-refractivity contribution in [3.8, 4) is 0 Å². The first kappa shape index (κ1) is 17.6. The zero-order valence-electron chi connectivity index (χ0n) is 15.4. The molecule has 0 radical (unpaired) electrons. The molecule has 1 aliphatic heterocycles. The van der Waals surface area contributed by atoms with Gasteiger partial charge in [-0.15, -0.1) is 0 Å². The van der Waals surface area contributed by atoms with Gasteiger partial charge < -0.3 is 20.1 Å². The van der Waals surface area contributed by atoms with Crippen LogP contribution in [0.25, 0.3) is 0 Å². The molecule has 7 nitrogen and oxygen atoms in total. The molecule has 1 aromatic heterocycles. The quantitative estimate of drug-likeness (QED) is 0.846. The molecule has 2 aliphatic rings. The summed E-state index contributed by atoms with van der Waals surface area (Å²) in [5.41, 5.74) is 1.96. The Morgan fingerprint density at radius 2 is 1.70 bits per heavy atom. The lowest BCUT2D eigenvalue weighted by atomic mass is 10.1. The Morgan fingerprint density at radius 1 is 1.04 bits per heavy atom. The van der Waals surface area contributed by atoms with Crippen LogP contribution < -0.4 is 15.5 Å². The summed E-state index contributed by atoms with van der Waals surface area (Å²) in [6, 6.07) is 9.60. The highest BCUT2D eigenvalue weighted by Gasteiger charge is 2.48. The van der Waals surface area contributed by atoms with Crippen molar-refractivity contribution in [1.29, 1.82) is 0 Å². The summed E-state index contributed by atoms with van der Waals surface area (Å²) in [5, 5.41) is 9.34. The van der Waals surface area contributed by atoms with Gasteiger partial charge in [0.05, 0.1) is 11.8 Å². The Labute approximate surface area is 158 Å². The van der Waals surface area contributed by atoms with Gasteiger partial charge in [0.25, 0.3) is 0 Å². The van der Waals surface area contributed by atoms with Crippen LogP contribution in [0.2, 0.25) is 0 Å². The van der Waals surface area contributed by atoms with Gasteiger partial charge in [-0.05, 0) is 56.9 Å². The summed E-state index contributed by atoms with van der Waals surface area (Å²) < 4.78 is 4.92. The third-order valence-corrected chi connectivity index (χ3v) is 5.20. The molecule has 1 aliphatic carbocycles. The molecule has 0 spiro atoms. The van der Waals surface area contributed by atoms with Gasteiger partial charge in [0.1, 0.15) is 5.76 Å². The number of nitrogens with zero attached hydrogens (tertiary/aromatic N) is 2. The molecule has 7 heteroatoms. The van der Waals surface area contributed by atoms with Gasteiger partial charge in [-0.3, -0.25) is 9.59 Å². The van der Waals surface area contributed by atoms with Gasteiger partial charge in [0.2, 0.25) is 11.8 Å². The molecule has 27 heavy (non-hydrogen) atoms. The lowest BCUT2D eigenvalue weighted by Crippen LogP contribution is -2.29. The first-order valence-corrected chi connectivity index (χ1v) is 9.50. The van der Waals surface area contributed by atoms with E-state index in [-0.39, 0.29) is 23.7 Å². The number of rotatable bonds is 5. The second kappa shape index (κ2) is 7.42. The molecule has 1 aromatic carbocycles. The van der Waals surface area contributed by atoms with Crippen molar-refractivity contribution in [2.45, 2.75) is 32.6 Å². The molecule has 2 amide bonds. The summed E-state index contributed by atoms with van der Waals surface area (Å²) in [6.45, 7) is 3.94. The second-order valence-electron chi connectivity index (χ2n) is 7.34. The Kier molecular flexibility index (Phi) is 4.83. The number of piperidine rings is 1. The number of benzene rings is 1. The third kappa shape index (κ3) is 4.13. The van der Waals surface area contributed by atoms with Crippen LogP contribution in [0.4, 0.5) is 17.2 Å². The molecular weight excluding hydrogens is 344 g/mol. The van der Waals surface area contributed by atoms with Gasteiger partial charge in [-0.1, -0.05) is 5.16 Å². The van der Waals surface area contributed by atoms with Crippen molar-refractivity contribution < 1.29 is 14.1 Å². The number of aromatic nitrogens is 1. The summed E-state index contributed by atoms with van der Waals surface area (Å²) in [5.74, 6) is 0.107. The van der Waals surface area contributed by atoms with Crippen molar-refractivity contribution in [2.75, 3.05) is 28.6 Å². The van der Waals surface area contributed by atoms with Crippen LogP contribution in [0, 0.1) is 18.8 Å². The van der Waals surface area contributed by atoms with Crippen LogP contribution in [0.3, 0.4) is 0 Å². The van der Waals surface area contributed by atoms with E-state index in [1.165, 1.54) is 24.9 Å². The summed E-state index contributed by atoms with van der Waals surface area (Å²) in [4.78, 5) is 27.0. The number of aryl methyl sites for hydroxylation is 1. The van der Waals surface area contributed by atoms with Gasteiger partial charge >= 0.3 is 0 Å². The maximum atomic E-state index is 12.4. The van der Waals surface area contributed by atoms with E-state index in [2.05, 4.69) is 20.7 Å². The normalized spacial score (nSPS) is 21.6. The molecule has 2 unspecified atom stereocenters. The number of anilines is 3. The Bertz CT molecular complexity index is 824. The highest BCUT2D eigenvalue weighted by molar-refractivity contribution is 6.03. The van der Waals surface area contributed by atoms with Crippen molar-refractivity contribution in [2.24, 2.45) is 11.8 Å². The fourth-order valence-corrected chi connectivity index (χ4v) is 3.56. The maximum absolute atomic E-state index is 12.4. The number of amides is 2. The molecule has 4 rings (SSSR count). The predicted octanol–water partition coefficient (Wildman–Crippen LogP) is 3.19. The largest absolute Gasteiger partial charge is 0.372 e. The first-order valence-electron chi connectivity index (χ1n) is 9.50. The lowest BCUT2D eigenvalue weighted by molar-refractivity contribution is -0.122. The van der Waals surface area contributed by atoms with Gasteiger partial charge in [-0.25, -0.2) is 0 Å². The number of hydrogen-bond acceptors (Lipinski definition) is 5. The molecular formula is C20H24N4O3. The van der Waals surface area contributed by atoms with E-state index in [1.54, 1.807) is 13.0 Å². The molecule has 2 atom stereocenters. The second-order valence-corrected chi connectivity index (χ2v) is 7.34. The lowest BCUT2D eigenvalue weighted by Gasteiger charge is -2.28. The molecule has 2 heterocycles. The van der Waals surface area contributed by atoms with E-state index in [9.17, 15) is 9.59 Å². The number of hydrogen-bond donors (Lipinski definition) is 2. The van der Waals surface area contributed by atoms with Crippen molar-refractivity contribution in [3.63, 3.8) is 0 Å². The summed E-state index contributed by atoms with van der Waals surface area (Å²) >= 11 is 0. The van der Waals surface area contributed by atoms with Crippen LogP contribution in [0.15, 0.2) is 34.9 Å². The maximum Gasteiger partial charge on any atom is 0.229 e. The molecule has 2 aromatic rings. The van der Waals surface area contributed by atoms with E-state index in [4.69, 9.17) is 4.52 Å². The summed E-state index contributed by atoms with van der Waals surface area (Å²) in [6.07, 6.45) is 4.33. The van der Waals surface area contributed by atoms with E-state index in [1.807, 2.05) is 24.3 Å². The number of nitrogens with one attached hydrogen (secondary N) is 2. The third-order valence-electron chi connectivity index (χ3n) is 5.20. The number of carbonyl (C=O) groups is 2. The van der Waals surface area contributed by atoms with E-state index in [0.717, 1.165) is 18.8 Å². The van der Waals surface area contributed by atoms with Gasteiger partial charge in [-0.2, -0.15) is 0 Å². The molecule has 0 bridgehead atoms. The SMILES string of the molecule is Cc1cc(NC(=O)C2CC2C(=O)Nc2ccc(N3CCCCC3)cc2)no1. The van der Waals surface area contributed by atoms with E-state index >= 15 is 0 Å². The molecule has 142 valence electrons. The minimum absolute atomic E-state index is 0.114. The Hall–Kier alpha value is -2.83. The average molecular weight is 368 g/mol. The molecule has 1 saturated heterocycles. The standard InChI is InChI=1S/C20H24N4O3/c1-13-11-18(23-27-13)22-20(26)17-12-16(17)19(25)21-14-5-7-15(8-6-14)24-9-3-2-4-10-24/h5-8,11,16-17H,2-4,9-10,12H2,1H3,(H,21,25)(H,22,23,26). The zero-order valence-corrected chi connectivity index (χ0v) is 15.4. The first-order chi connectivity index (χ1) is 13.1.